The fraction of sp³-hybridized carbons (Fsp3) is 0.0909. The van der Waals surface area contributed by atoms with E-state index in [2.05, 4.69) is 20.9 Å². The van der Waals surface area contributed by atoms with E-state index in [1.807, 2.05) is 24.3 Å². The van der Waals surface area contributed by atoms with Crippen LogP contribution in [0.4, 0.5) is 0 Å². The van der Waals surface area contributed by atoms with Crippen LogP contribution in [0.3, 0.4) is 0 Å². The second kappa shape index (κ2) is 3.88. The van der Waals surface area contributed by atoms with Gasteiger partial charge in [0.15, 0.2) is 5.78 Å². The standard InChI is InChI=1S/C11H8BrNO/c12-6-11(14)10-3-1-2-8-7-13-5-4-9(8)10/h1-5,7H,6H2. The Bertz CT molecular complexity index is 476. The molecule has 70 valence electrons. The number of benzene rings is 1. The third-order valence-corrected chi connectivity index (χ3v) is 2.61. The second-order valence-corrected chi connectivity index (χ2v) is 3.52. The first-order valence-corrected chi connectivity index (χ1v) is 5.37. The maximum absolute atomic E-state index is 11.6. The summed E-state index contributed by atoms with van der Waals surface area (Å²) in [6.07, 6.45) is 3.47. The Morgan fingerprint density at radius 2 is 2.21 bits per heavy atom. The van der Waals surface area contributed by atoms with E-state index >= 15 is 0 Å². The molecule has 1 heterocycles. The number of Topliss-reactive ketones (excluding diaryl/α,β-unsaturated/α-hetero) is 1. The molecule has 0 atom stereocenters. The molecule has 0 unspecified atom stereocenters. The maximum Gasteiger partial charge on any atom is 0.173 e. The Hall–Kier alpha value is -1.22. The summed E-state index contributed by atoms with van der Waals surface area (Å²) in [5.74, 6) is 0.0989. The fourth-order valence-electron chi connectivity index (χ4n) is 1.44. The molecule has 0 aliphatic rings. The van der Waals surface area contributed by atoms with Gasteiger partial charge in [-0.05, 0) is 11.5 Å². The minimum atomic E-state index is 0.0989. The van der Waals surface area contributed by atoms with Gasteiger partial charge in [0.05, 0.1) is 5.33 Å². The highest BCUT2D eigenvalue weighted by Gasteiger charge is 2.07. The van der Waals surface area contributed by atoms with Crippen molar-refractivity contribution in [1.29, 1.82) is 0 Å². The molecule has 0 spiro atoms. The summed E-state index contributed by atoms with van der Waals surface area (Å²) < 4.78 is 0. The van der Waals surface area contributed by atoms with E-state index in [0.717, 1.165) is 16.3 Å². The van der Waals surface area contributed by atoms with Crippen LogP contribution in [0, 0.1) is 0 Å². The van der Waals surface area contributed by atoms with E-state index in [4.69, 9.17) is 0 Å². The third-order valence-electron chi connectivity index (χ3n) is 2.10. The van der Waals surface area contributed by atoms with Gasteiger partial charge in [0.1, 0.15) is 0 Å². The molecule has 2 rings (SSSR count). The van der Waals surface area contributed by atoms with E-state index in [0.29, 0.717) is 5.33 Å². The number of nitrogens with zero attached hydrogens (tertiary/aromatic N) is 1. The molecule has 0 saturated heterocycles. The monoisotopic (exact) mass is 249 g/mol. The SMILES string of the molecule is O=C(CBr)c1cccc2cnccc12. The number of carbonyl (C=O) groups excluding carboxylic acids is 1. The van der Waals surface area contributed by atoms with Crippen molar-refractivity contribution in [3.05, 3.63) is 42.2 Å². The number of fused-ring (bicyclic) bond motifs is 1. The number of ketones is 1. The first-order valence-electron chi connectivity index (χ1n) is 4.25. The Morgan fingerprint density at radius 3 is 3.00 bits per heavy atom. The maximum atomic E-state index is 11.6. The summed E-state index contributed by atoms with van der Waals surface area (Å²) in [4.78, 5) is 15.6. The second-order valence-electron chi connectivity index (χ2n) is 2.96. The average molecular weight is 250 g/mol. The summed E-state index contributed by atoms with van der Waals surface area (Å²) in [6, 6.07) is 7.53. The Morgan fingerprint density at radius 1 is 1.36 bits per heavy atom. The van der Waals surface area contributed by atoms with Crippen LogP contribution in [-0.2, 0) is 0 Å². The van der Waals surface area contributed by atoms with E-state index < -0.39 is 0 Å². The van der Waals surface area contributed by atoms with Gasteiger partial charge in [-0.3, -0.25) is 9.78 Å². The number of rotatable bonds is 2. The minimum absolute atomic E-state index is 0.0989. The minimum Gasteiger partial charge on any atom is -0.293 e. The molecule has 3 heteroatoms. The average Bonchev–Trinajstić information content (AvgIpc) is 2.27. The van der Waals surface area contributed by atoms with Gasteiger partial charge in [-0.1, -0.05) is 34.1 Å². The zero-order chi connectivity index (χ0) is 9.97. The van der Waals surface area contributed by atoms with Gasteiger partial charge in [0, 0.05) is 23.3 Å². The van der Waals surface area contributed by atoms with Gasteiger partial charge in [-0.2, -0.15) is 0 Å². The van der Waals surface area contributed by atoms with Gasteiger partial charge in [0.2, 0.25) is 0 Å². The highest BCUT2D eigenvalue weighted by atomic mass is 79.9. The van der Waals surface area contributed by atoms with Crippen LogP contribution in [-0.4, -0.2) is 16.1 Å². The van der Waals surface area contributed by atoms with Crippen molar-refractivity contribution in [3.63, 3.8) is 0 Å². The predicted octanol–water partition coefficient (Wildman–Crippen LogP) is 2.81. The smallest absolute Gasteiger partial charge is 0.173 e. The van der Waals surface area contributed by atoms with E-state index in [-0.39, 0.29) is 5.78 Å². The molecule has 2 nitrogen and oxygen atoms in total. The lowest BCUT2D eigenvalue weighted by Crippen LogP contribution is -2.00. The van der Waals surface area contributed by atoms with Crippen LogP contribution in [0.1, 0.15) is 10.4 Å². The molecule has 0 amide bonds. The molecule has 0 fully saturated rings. The number of aromatic nitrogens is 1. The molecule has 14 heavy (non-hydrogen) atoms. The molecule has 0 radical (unpaired) electrons. The van der Waals surface area contributed by atoms with Gasteiger partial charge in [-0.25, -0.2) is 0 Å². The molecule has 0 N–H and O–H groups in total. The number of halogens is 1. The summed E-state index contributed by atoms with van der Waals surface area (Å²) in [7, 11) is 0. The third kappa shape index (κ3) is 1.55. The van der Waals surface area contributed by atoms with Gasteiger partial charge in [-0.15, -0.1) is 0 Å². The van der Waals surface area contributed by atoms with Gasteiger partial charge in [0.25, 0.3) is 0 Å². The van der Waals surface area contributed by atoms with E-state index in [1.165, 1.54) is 0 Å². The predicted molar refractivity (Wildman–Crippen MR) is 59.9 cm³/mol. The van der Waals surface area contributed by atoms with Crippen molar-refractivity contribution in [1.82, 2.24) is 4.98 Å². The quantitative estimate of drug-likeness (QED) is 0.606. The molecular weight excluding hydrogens is 242 g/mol. The number of hydrogen-bond donors (Lipinski definition) is 0. The van der Waals surface area contributed by atoms with Crippen LogP contribution < -0.4 is 0 Å². The molecule has 0 saturated carbocycles. The van der Waals surface area contributed by atoms with Crippen molar-refractivity contribution in [3.8, 4) is 0 Å². The number of hydrogen-bond acceptors (Lipinski definition) is 2. The zero-order valence-corrected chi connectivity index (χ0v) is 8.99. The zero-order valence-electron chi connectivity index (χ0n) is 7.40. The van der Waals surface area contributed by atoms with E-state index in [9.17, 15) is 4.79 Å². The lowest BCUT2D eigenvalue weighted by molar-refractivity contribution is 0.102. The molecule has 2 aromatic rings. The lowest BCUT2D eigenvalue weighted by atomic mass is 10.0. The van der Waals surface area contributed by atoms with Crippen LogP contribution in [0.5, 0.6) is 0 Å². The molecule has 0 bridgehead atoms. The normalized spacial score (nSPS) is 10.4. The van der Waals surface area contributed by atoms with Crippen LogP contribution in [0.25, 0.3) is 10.8 Å². The van der Waals surface area contributed by atoms with Crippen LogP contribution in [0.15, 0.2) is 36.7 Å². The Kier molecular flexibility index (Phi) is 2.59. The van der Waals surface area contributed by atoms with Crippen molar-refractivity contribution in [2.24, 2.45) is 0 Å². The summed E-state index contributed by atoms with van der Waals surface area (Å²) in [6.45, 7) is 0. The highest BCUT2D eigenvalue weighted by molar-refractivity contribution is 9.09. The van der Waals surface area contributed by atoms with Crippen molar-refractivity contribution >= 4 is 32.5 Å². The van der Waals surface area contributed by atoms with Gasteiger partial charge >= 0.3 is 0 Å². The van der Waals surface area contributed by atoms with Crippen molar-refractivity contribution in [2.75, 3.05) is 5.33 Å². The summed E-state index contributed by atoms with van der Waals surface area (Å²) >= 11 is 3.17. The fourth-order valence-corrected chi connectivity index (χ4v) is 1.74. The Balaban J connectivity index is 2.71. The summed E-state index contributed by atoms with van der Waals surface area (Å²) in [5, 5.41) is 2.32. The number of carbonyl (C=O) groups is 1. The van der Waals surface area contributed by atoms with Crippen LogP contribution in [0.2, 0.25) is 0 Å². The lowest BCUT2D eigenvalue weighted by Gasteiger charge is -2.02. The number of pyridine rings is 1. The molecular formula is C11H8BrNO. The highest BCUT2D eigenvalue weighted by Crippen LogP contribution is 2.18. The Labute approximate surface area is 90.1 Å². The first-order chi connectivity index (χ1) is 6.83. The topological polar surface area (TPSA) is 30.0 Å². The molecule has 0 aliphatic heterocycles. The van der Waals surface area contributed by atoms with Crippen molar-refractivity contribution < 1.29 is 4.79 Å². The molecule has 1 aromatic carbocycles. The van der Waals surface area contributed by atoms with Gasteiger partial charge < -0.3 is 0 Å². The largest absolute Gasteiger partial charge is 0.293 e. The number of alkyl halides is 1. The molecule has 0 aliphatic carbocycles. The first kappa shape index (κ1) is 9.34. The van der Waals surface area contributed by atoms with Crippen molar-refractivity contribution in [2.45, 2.75) is 0 Å². The summed E-state index contributed by atoms with van der Waals surface area (Å²) in [5.41, 5.74) is 0.752. The van der Waals surface area contributed by atoms with Crippen LogP contribution >= 0.6 is 15.9 Å². The van der Waals surface area contributed by atoms with E-state index in [1.54, 1.807) is 12.4 Å². The molecule has 1 aromatic heterocycles.